The molecule has 0 unspecified atom stereocenters. The standard InChI is InChI=1S/C20H19ClN2O2/c21-18-6-2-5-17(12-18)20(7-9-25-10-8-20)14-23-19(24)16-4-1-3-15(11-16)13-22/h1-6,11-12H,7-10,14H2,(H,23,24). The van der Waals surface area contributed by atoms with Crippen LogP contribution in [0.3, 0.4) is 0 Å². The van der Waals surface area contributed by atoms with Gasteiger partial charge in [0, 0.05) is 35.8 Å². The van der Waals surface area contributed by atoms with Gasteiger partial charge in [-0.3, -0.25) is 4.79 Å². The average molecular weight is 355 g/mol. The Morgan fingerprint density at radius 1 is 1.20 bits per heavy atom. The average Bonchev–Trinajstić information content (AvgIpc) is 2.67. The number of nitriles is 1. The van der Waals surface area contributed by atoms with E-state index in [1.54, 1.807) is 24.3 Å². The van der Waals surface area contributed by atoms with Crippen molar-refractivity contribution in [1.29, 1.82) is 5.26 Å². The van der Waals surface area contributed by atoms with Crippen LogP contribution in [-0.4, -0.2) is 25.7 Å². The molecular weight excluding hydrogens is 336 g/mol. The summed E-state index contributed by atoms with van der Waals surface area (Å²) in [5.74, 6) is -0.176. The molecular formula is C20H19ClN2O2. The molecule has 1 amide bonds. The van der Waals surface area contributed by atoms with Crippen molar-refractivity contribution in [3.63, 3.8) is 0 Å². The minimum Gasteiger partial charge on any atom is -0.381 e. The number of nitrogens with zero attached hydrogens (tertiary/aromatic N) is 1. The van der Waals surface area contributed by atoms with Gasteiger partial charge < -0.3 is 10.1 Å². The summed E-state index contributed by atoms with van der Waals surface area (Å²) in [5.41, 5.74) is 1.90. The SMILES string of the molecule is N#Cc1cccc(C(=O)NCC2(c3cccc(Cl)c3)CCOCC2)c1. The first kappa shape index (κ1) is 17.5. The van der Waals surface area contributed by atoms with Gasteiger partial charge in [-0.05, 0) is 48.7 Å². The van der Waals surface area contributed by atoms with E-state index < -0.39 is 0 Å². The molecule has 1 heterocycles. The molecule has 4 nitrogen and oxygen atoms in total. The Kier molecular flexibility index (Phi) is 5.37. The maximum absolute atomic E-state index is 12.5. The van der Waals surface area contributed by atoms with Gasteiger partial charge in [-0.1, -0.05) is 29.8 Å². The molecule has 0 saturated carbocycles. The summed E-state index contributed by atoms with van der Waals surface area (Å²) < 4.78 is 5.52. The molecule has 0 radical (unpaired) electrons. The van der Waals surface area contributed by atoms with Gasteiger partial charge in [-0.25, -0.2) is 0 Å². The van der Waals surface area contributed by atoms with Crippen LogP contribution < -0.4 is 5.32 Å². The van der Waals surface area contributed by atoms with Crippen LogP contribution in [0.4, 0.5) is 0 Å². The number of nitrogens with one attached hydrogen (secondary N) is 1. The molecule has 5 heteroatoms. The van der Waals surface area contributed by atoms with Crippen LogP contribution in [0.5, 0.6) is 0 Å². The molecule has 2 aromatic rings. The Bertz CT molecular complexity index is 807. The fourth-order valence-corrected chi connectivity index (χ4v) is 3.42. The molecule has 0 bridgehead atoms. The Labute approximate surface area is 152 Å². The number of hydrogen-bond donors (Lipinski definition) is 1. The molecule has 25 heavy (non-hydrogen) atoms. The van der Waals surface area contributed by atoms with Crippen molar-refractivity contribution in [2.45, 2.75) is 18.3 Å². The zero-order valence-corrected chi connectivity index (χ0v) is 14.6. The zero-order chi connectivity index (χ0) is 17.7. The van der Waals surface area contributed by atoms with Gasteiger partial charge in [-0.2, -0.15) is 5.26 Å². The highest BCUT2D eigenvalue weighted by atomic mass is 35.5. The van der Waals surface area contributed by atoms with Crippen LogP contribution in [0.15, 0.2) is 48.5 Å². The molecule has 3 rings (SSSR count). The first-order chi connectivity index (χ1) is 12.1. The van der Waals surface area contributed by atoms with Crippen LogP contribution in [-0.2, 0) is 10.2 Å². The van der Waals surface area contributed by atoms with E-state index in [1.807, 2.05) is 18.2 Å². The molecule has 0 atom stereocenters. The molecule has 1 aliphatic rings. The molecule has 0 aliphatic carbocycles. The highest BCUT2D eigenvalue weighted by molar-refractivity contribution is 6.30. The summed E-state index contributed by atoms with van der Waals surface area (Å²) in [6.45, 7) is 1.82. The van der Waals surface area contributed by atoms with Gasteiger partial charge >= 0.3 is 0 Å². The van der Waals surface area contributed by atoms with Crippen molar-refractivity contribution >= 4 is 17.5 Å². The van der Waals surface area contributed by atoms with Gasteiger partial charge in [0.2, 0.25) is 0 Å². The number of carbonyl (C=O) groups excluding carboxylic acids is 1. The summed E-state index contributed by atoms with van der Waals surface area (Å²) in [4.78, 5) is 12.5. The summed E-state index contributed by atoms with van der Waals surface area (Å²) in [5, 5.41) is 12.7. The quantitative estimate of drug-likeness (QED) is 0.910. The van der Waals surface area contributed by atoms with E-state index >= 15 is 0 Å². The first-order valence-electron chi connectivity index (χ1n) is 8.25. The largest absolute Gasteiger partial charge is 0.381 e. The summed E-state index contributed by atoms with van der Waals surface area (Å²) in [6, 6.07) is 16.6. The normalized spacial score (nSPS) is 16.0. The second-order valence-corrected chi connectivity index (χ2v) is 6.71. The van der Waals surface area contributed by atoms with Crippen molar-refractivity contribution < 1.29 is 9.53 Å². The van der Waals surface area contributed by atoms with Crippen LogP contribution in [0, 0.1) is 11.3 Å². The number of hydrogen-bond acceptors (Lipinski definition) is 3. The molecule has 0 aromatic heterocycles. The third-order valence-corrected chi connectivity index (χ3v) is 4.96. The maximum Gasteiger partial charge on any atom is 0.251 e. The number of amides is 1. The van der Waals surface area contributed by atoms with Crippen molar-refractivity contribution in [2.24, 2.45) is 0 Å². The molecule has 128 valence electrons. The maximum atomic E-state index is 12.5. The van der Waals surface area contributed by atoms with E-state index in [4.69, 9.17) is 21.6 Å². The summed E-state index contributed by atoms with van der Waals surface area (Å²) in [6.07, 6.45) is 1.65. The molecule has 2 aromatic carbocycles. The number of benzene rings is 2. The lowest BCUT2D eigenvalue weighted by molar-refractivity contribution is 0.0487. The predicted octanol–water partition coefficient (Wildman–Crippen LogP) is 3.69. The van der Waals surface area contributed by atoms with Crippen LogP contribution in [0.2, 0.25) is 5.02 Å². The predicted molar refractivity (Wildman–Crippen MR) is 96.7 cm³/mol. The fourth-order valence-electron chi connectivity index (χ4n) is 3.23. The van der Waals surface area contributed by atoms with Crippen molar-refractivity contribution in [2.75, 3.05) is 19.8 Å². The smallest absolute Gasteiger partial charge is 0.251 e. The lowest BCUT2D eigenvalue weighted by atomic mass is 9.74. The molecule has 1 fully saturated rings. The lowest BCUT2D eigenvalue weighted by Crippen LogP contribution is -2.44. The van der Waals surface area contributed by atoms with E-state index in [0.29, 0.717) is 35.9 Å². The summed E-state index contributed by atoms with van der Waals surface area (Å²) >= 11 is 6.17. The summed E-state index contributed by atoms with van der Waals surface area (Å²) in [7, 11) is 0. The highest BCUT2D eigenvalue weighted by Gasteiger charge is 2.35. The molecule has 1 N–H and O–H groups in total. The Morgan fingerprint density at radius 3 is 2.68 bits per heavy atom. The third-order valence-electron chi connectivity index (χ3n) is 4.73. The Morgan fingerprint density at radius 2 is 1.96 bits per heavy atom. The van der Waals surface area contributed by atoms with Gasteiger partial charge in [0.25, 0.3) is 5.91 Å². The van der Waals surface area contributed by atoms with E-state index in [9.17, 15) is 4.79 Å². The zero-order valence-electron chi connectivity index (χ0n) is 13.8. The molecule has 1 saturated heterocycles. The van der Waals surface area contributed by atoms with Crippen molar-refractivity contribution in [1.82, 2.24) is 5.32 Å². The topological polar surface area (TPSA) is 62.1 Å². The van der Waals surface area contributed by atoms with E-state index in [-0.39, 0.29) is 11.3 Å². The van der Waals surface area contributed by atoms with Crippen LogP contribution in [0.1, 0.15) is 34.3 Å². The number of carbonyl (C=O) groups is 1. The van der Waals surface area contributed by atoms with E-state index in [2.05, 4.69) is 17.5 Å². The Hall–Kier alpha value is -2.35. The first-order valence-corrected chi connectivity index (χ1v) is 8.63. The van der Waals surface area contributed by atoms with Gasteiger partial charge in [0.05, 0.1) is 11.6 Å². The van der Waals surface area contributed by atoms with Crippen molar-refractivity contribution in [3.05, 3.63) is 70.2 Å². The van der Waals surface area contributed by atoms with Gasteiger partial charge in [0.15, 0.2) is 0 Å². The lowest BCUT2D eigenvalue weighted by Gasteiger charge is -2.38. The second kappa shape index (κ2) is 7.69. The van der Waals surface area contributed by atoms with Crippen LogP contribution in [0.25, 0.3) is 0 Å². The third kappa shape index (κ3) is 4.01. The van der Waals surface area contributed by atoms with Crippen molar-refractivity contribution in [3.8, 4) is 6.07 Å². The number of rotatable bonds is 4. The van der Waals surface area contributed by atoms with Gasteiger partial charge in [0.1, 0.15) is 0 Å². The van der Waals surface area contributed by atoms with E-state index in [0.717, 1.165) is 18.4 Å². The fraction of sp³-hybridized carbons (Fsp3) is 0.300. The highest BCUT2D eigenvalue weighted by Crippen LogP contribution is 2.35. The minimum absolute atomic E-state index is 0.176. The minimum atomic E-state index is -0.189. The Balaban J connectivity index is 1.79. The number of ether oxygens (including phenoxy) is 1. The monoisotopic (exact) mass is 354 g/mol. The molecule has 0 spiro atoms. The van der Waals surface area contributed by atoms with E-state index in [1.165, 1.54) is 0 Å². The number of halogens is 1. The molecule has 1 aliphatic heterocycles. The second-order valence-electron chi connectivity index (χ2n) is 6.28. The van der Waals surface area contributed by atoms with Crippen LogP contribution >= 0.6 is 11.6 Å². The van der Waals surface area contributed by atoms with Gasteiger partial charge in [-0.15, -0.1) is 0 Å².